The van der Waals surface area contributed by atoms with Gasteiger partial charge in [-0.3, -0.25) is 4.79 Å². The van der Waals surface area contributed by atoms with Gasteiger partial charge in [-0.15, -0.1) is 0 Å². The summed E-state index contributed by atoms with van der Waals surface area (Å²) in [7, 11) is 0. The highest BCUT2D eigenvalue weighted by atomic mass is 32.2. The number of carbonyl (C=O) groups is 1. The Kier molecular flexibility index (Phi) is 4.02. The van der Waals surface area contributed by atoms with Gasteiger partial charge in [0.1, 0.15) is 12.0 Å². The summed E-state index contributed by atoms with van der Waals surface area (Å²) in [5.41, 5.74) is 0.852. The van der Waals surface area contributed by atoms with Gasteiger partial charge in [-0.25, -0.2) is 4.98 Å². The molecular formula is C9H13NO2S. The molecular weight excluding hydrogens is 186 g/mol. The lowest BCUT2D eigenvalue weighted by Crippen LogP contribution is -1.99. The number of oxazole rings is 1. The maximum atomic E-state index is 11.1. The van der Waals surface area contributed by atoms with E-state index in [2.05, 4.69) is 4.98 Å². The van der Waals surface area contributed by atoms with E-state index in [1.54, 1.807) is 6.26 Å². The van der Waals surface area contributed by atoms with Gasteiger partial charge in [-0.2, -0.15) is 0 Å². The second-order valence-corrected chi connectivity index (χ2v) is 3.76. The molecule has 1 aromatic heterocycles. The lowest BCUT2D eigenvalue weighted by Gasteiger charge is -1.94. The van der Waals surface area contributed by atoms with Crippen molar-refractivity contribution in [2.24, 2.45) is 0 Å². The Labute approximate surface area is 81.9 Å². The van der Waals surface area contributed by atoms with Crippen molar-refractivity contribution in [2.45, 2.75) is 31.9 Å². The molecule has 0 fully saturated rings. The first-order valence-electron chi connectivity index (χ1n) is 4.29. The van der Waals surface area contributed by atoms with Crippen LogP contribution in [-0.4, -0.2) is 16.5 Å². The van der Waals surface area contributed by atoms with Crippen LogP contribution >= 0.6 is 11.8 Å². The minimum absolute atomic E-state index is 0.253. The van der Waals surface area contributed by atoms with E-state index in [1.807, 2.05) is 13.8 Å². The average molecular weight is 199 g/mol. The van der Waals surface area contributed by atoms with E-state index in [0.717, 1.165) is 12.1 Å². The zero-order valence-corrected chi connectivity index (χ0v) is 8.69. The molecule has 4 heteroatoms. The number of hydrogen-bond acceptors (Lipinski definition) is 4. The van der Waals surface area contributed by atoms with Gasteiger partial charge in [0.25, 0.3) is 5.22 Å². The summed E-state index contributed by atoms with van der Waals surface area (Å²) < 4.78 is 5.09. The molecule has 0 aromatic carbocycles. The molecule has 0 bridgehead atoms. The fourth-order valence-corrected chi connectivity index (χ4v) is 1.65. The first kappa shape index (κ1) is 10.3. The number of ketones is 1. The van der Waals surface area contributed by atoms with E-state index in [-0.39, 0.29) is 5.78 Å². The molecule has 0 aliphatic rings. The number of aryl methyl sites for hydroxylation is 1. The maximum absolute atomic E-state index is 11.1. The van der Waals surface area contributed by atoms with Crippen molar-refractivity contribution in [3.63, 3.8) is 0 Å². The molecule has 1 rings (SSSR count). The van der Waals surface area contributed by atoms with Crippen LogP contribution in [0.2, 0.25) is 0 Å². The Morgan fingerprint density at radius 3 is 3.00 bits per heavy atom. The second kappa shape index (κ2) is 5.07. The molecule has 0 atom stereocenters. The summed E-state index contributed by atoms with van der Waals surface area (Å²) in [6.45, 7) is 3.86. The Hall–Kier alpha value is -0.770. The zero-order chi connectivity index (χ0) is 9.68. The van der Waals surface area contributed by atoms with Crippen molar-refractivity contribution >= 4 is 17.5 Å². The van der Waals surface area contributed by atoms with Gasteiger partial charge in [-0.1, -0.05) is 18.7 Å². The first-order valence-corrected chi connectivity index (χ1v) is 5.27. The Morgan fingerprint density at radius 2 is 2.46 bits per heavy atom. The van der Waals surface area contributed by atoms with Crippen molar-refractivity contribution in [1.82, 2.24) is 4.98 Å². The normalized spacial score (nSPS) is 10.3. The molecule has 0 aliphatic carbocycles. The summed E-state index contributed by atoms with van der Waals surface area (Å²) in [5.74, 6) is 0.719. The van der Waals surface area contributed by atoms with Crippen LogP contribution in [0.5, 0.6) is 0 Å². The summed E-state index contributed by atoms with van der Waals surface area (Å²) >= 11 is 1.36. The monoisotopic (exact) mass is 199 g/mol. The number of hydrogen-bond donors (Lipinski definition) is 0. The molecule has 0 unspecified atom stereocenters. The van der Waals surface area contributed by atoms with Gasteiger partial charge in [0, 0.05) is 6.42 Å². The first-order chi connectivity index (χ1) is 6.22. The molecule has 0 saturated heterocycles. The molecule has 0 radical (unpaired) electrons. The molecule has 3 nitrogen and oxygen atoms in total. The maximum Gasteiger partial charge on any atom is 0.256 e. The summed E-state index contributed by atoms with van der Waals surface area (Å²) in [5, 5.41) is 0.585. The van der Waals surface area contributed by atoms with E-state index in [9.17, 15) is 4.79 Å². The Balaban J connectivity index is 2.30. The van der Waals surface area contributed by atoms with Crippen LogP contribution in [-0.2, 0) is 4.79 Å². The fourth-order valence-electron chi connectivity index (χ4n) is 0.892. The van der Waals surface area contributed by atoms with Crippen molar-refractivity contribution < 1.29 is 9.21 Å². The van der Waals surface area contributed by atoms with E-state index < -0.39 is 0 Å². The van der Waals surface area contributed by atoms with Crippen molar-refractivity contribution in [1.29, 1.82) is 0 Å². The third kappa shape index (κ3) is 3.63. The van der Waals surface area contributed by atoms with E-state index in [0.29, 0.717) is 17.4 Å². The second-order valence-electron chi connectivity index (χ2n) is 2.83. The molecule has 0 spiro atoms. The molecule has 13 heavy (non-hydrogen) atoms. The highest BCUT2D eigenvalue weighted by molar-refractivity contribution is 7.99. The molecule has 0 saturated carbocycles. The van der Waals surface area contributed by atoms with Crippen molar-refractivity contribution in [3.8, 4) is 0 Å². The lowest BCUT2D eigenvalue weighted by atomic mass is 10.3. The summed E-state index contributed by atoms with van der Waals surface area (Å²) in [4.78, 5) is 15.2. The van der Waals surface area contributed by atoms with Gasteiger partial charge >= 0.3 is 0 Å². The SMILES string of the molecule is CCCC(=O)CSc1nc(C)co1. The van der Waals surface area contributed by atoms with Crippen LogP contribution in [0.15, 0.2) is 15.9 Å². The number of aromatic nitrogens is 1. The van der Waals surface area contributed by atoms with Gasteiger partial charge in [0.15, 0.2) is 0 Å². The van der Waals surface area contributed by atoms with Crippen LogP contribution in [0, 0.1) is 6.92 Å². The molecule has 72 valence electrons. The molecule has 1 heterocycles. The van der Waals surface area contributed by atoms with Crippen LogP contribution in [0.25, 0.3) is 0 Å². The van der Waals surface area contributed by atoms with Gasteiger partial charge in [-0.05, 0) is 13.3 Å². The largest absolute Gasteiger partial charge is 0.440 e. The average Bonchev–Trinajstić information content (AvgIpc) is 2.49. The third-order valence-corrected chi connectivity index (χ3v) is 2.38. The van der Waals surface area contributed by atoms with Gasteiger partial charge in [0.05, 0.1) is 11.4 Å². The lowest BCUT2D eigenvalue weighted by molar-refractivity contribution is -0.116. The number of Topliss-reactive ketones (excluding diaryl/α,β-unsaturated/α-hetero) is 1. The smallest absolute Gasteiger partial charge is 0.256 e. The topological polar surface area (TPSA) is 43.1 Å². The van der Waals surface area contributed by atoms with Crippen molar-refractivity contribution in [3.05, 3.63) is 12.0 Å². The Bertz CT molecular complexity index is 283. The zero-order valence-electron chi connectivity index (χ0n) is 7.87. The predicted octanol–water partition coefficient (Wildman–Crippen LogP) is 2.44. The molecule has 0 amide bonds. The summed E-state index contributed by atoms with van der Waals surface area (Å²) in [6, 6.07) is 0. The van der Waals surface area contributed by atoms with Gasteiger partial charge < -0.3 is 4.42 Å². The highest BCUT2D eigenvalue weighted by Crippen LogP contribution is 2.17. The predicted molar refractivity (Wildman–Crippen MR) is 51.9 cm³/mol. The number of rotatable bonds is 5. The van der Waals surface area contributed by atoms with Gasteiger partial charge in [0.2, 0.25) is 0 Å². The number of thioether (sulfide) groups is 1. The molecule has 1 aromatic rings. The third-order valence-electron chi connectivity index (χ3n) is 1.48. The molecule has 0 N–H and O–H groups in total. The summed E-state index contributed by atoms with van der Waals surface area (Å²) in [6.07, 6.45) is 3.14. The van der Waals surface area contributed by atoms with Crippen LogP contribution in [0.4, 0.5) is 0 Å². The fraction of sp³-hybridized carbons (Fsp3) is 0.556. The number of carbonyl (C=O) groups excluding carboxylic acids is 1. The molecule has 0 aliphatic heterocycles. The minimum atomic E-state index is 0.253. The van der Waals surface area contributed by atoms with Crippen LogP contribution in [0.3, 0.4) is 0 Å². The Morgan fingerprint density at radius 1 is 1.69 bits per heavy atom. The highest BCUT2D eigenvalue weighted by Gasteiger charge is 2.05. The van der Waals surface area contributed by atoms with Crippen molar-refractivity contribution in [2.75, 3.05) is 5.75 Å². The van der Waals surface area contributed by atoms with Crippen LogP contribution < -0.4 is 0 Å². The van der Waals surface area contributed by atoms with E-state index >= 15 is 0 Å². The number of nitrogens with zero attached hydrogens (tertiary/aromatic N) is 1. The standard InChI is InChI=1S/C9H13NO2S/c1-3-4-8(11)6-13-9-10-7(2)5-12-9/h5H,3-4,6H2,1-2H3. The minimum Gasteiger partial charge on any atom is -0.440 e. The van der Waals surface area contributed by atoms with E-state index in [4.69, 9.17) is 4.42 Å². The van der Waals surface area contributed by atoms with E-state index in [1.165, 1.54) is 11.8 Å². The van der Waals surface area contributed by atoms with Crippen LogP contribution in [0.1, 0.15) is 25.5 Å². The quantitative estimate of drug-likeness (QED) is 0.683.